The minimum atomic E-state index is -0.973. The van der Waals surface area contributed by atoms with Gasteiger partial charge in [0.25, 0.3) is 5.91 Å². The van der Waals surface area contributed by atoms with Gasteiger partial charge in [-0.2, -0.15) is 0 Å². The molecule has 0 saturated heterocycles. The van der Waals surface area contributed by atoms with E-state index in [-0.39, 0.29) is 33.5 Å². The molecular weight excluding hydrogens is 485 g/mol. The number of nitrogens with zero attached hydrogens (tertiary/aromatic N) is 2. The van der Waals surface area contributed by atoms with Crippen LogP contribution in [0.2, 0.25) is 10.0 Å². The molecule has 0 radical (unpaired) electrons. The highest BCUT2D eigenvalue weighted by Crippen LogP contribution is 2.38. The number of carbonyl (C=O) groups is 3. The number of hydrogen-bond acceptors (Lipinski definition) is 7. The van der Waals surface area contributed by atoms with Gasteiger partial charge in [-0.1, -0.05) is 23.2 Å². The summed E-state index contributed by atoms with van der Waals surface area (Å²) in [6.07, 6.45) is 1.53. The van der Waals surface area contributed by atoms with Crippen molar-refractivity contribution in [3.8, 4) is 5.75 Å². The van der Waals surface area contributed by atoms with Gasteiger partial charge in [-0.15, -0.1) is 0 Å². The number of benzene rings is 2. The van der Waals surface area contributed by atoms with Crippen LogP contribution in [0, 0.1) is 0 Å². The normalized spacial score (nSPS) is 10.9. The van der Waals surface area contributed by atoms with Crippen LogP contribution in [0.25, 0.3) is 21.9 Å². The molecule has 0 bridgehead atoms. The fraction of sp³-hybridized carbons (Fsp3) is 0.130. The molecule has 2 heterocycles. The summed E-state index contributed by atoms with van der Waals surface area (Å²) >= 11 is 12.4. The Labute approximate surface area is 202 Å². The molecular formula is C23H17Cl2N3O6. The molecule has 2 aromatic heterocycles. The first kappa shape index (κ1) is 23.3. The summed E-state index contributed by atoms with van der Waals surface area (Å²) in [7, 11) is 1.46. The van der Waals surface area contributed by atoms with Crippen molar-refractivity contribution < 1.29 is 28.3 Å². The molecule has 0 aliphatic carbocycles. The number of imide groups is 1. The summed E-state index contributed by atoms with van der Waals surface area (Å²) in [4.78, 5) is 43.0. The molecule has 4 rings (SSSR count). The minimum absolute atomic E-state index is 0.0100. The summed E-state index contributed by atoms with van der Waals surface area (Å²) in [6, 6.07) is 7.54. The average Bonchev–Trinajstić information content (AvgIpc) is 3.19. The van der Waals surface area contributed by atoms with E-state index in [2.05, 4.69) is 4.98 Å². The van der Waals surface area contributed by atoms with E-state index < -0.39 is 17.9 Å². The third-order valence-electron chi connectivity index (χ3n) is 5.02. The second kappa shape index (κ2) is 9.20. The molecule has 0 fully saturated rings. The number of rotatable bonds is 5. The largest absolute Gasteiger partial charge is 0.493 e. The molecule has 9 nitrogen and oxygen atoms in total. The van der Waals surface area contributed by atoms with Crippen molar-refractivity contribution >= 4 is 68.7 Å². The molecule has 34 heavy (non-hydrogen) atoms. The zero-order valence-corrected chi connectivity index (χ0v) is 19.4. The van der Waals surface area contributed by atoms with Gasteiger partial charge in [-0.3, -0.25) is 14.6 Å². The van der Waals surface area contributed by atoms with Crippen LogP contribution in [0.5, 0.6) is 5.75 Å². The maximum absolute atomic E-state index is 13.6. The molecule has 0 atom stereocenters. The standard InChI is InChI=1S/C23H17Cl2N3O6/c1-3-33-23(31)28(19-14(24)9-27-10-15(19)25)22(30)11-4-6-16-13(8-11)18-12(21(26)29)5-7-17(32-2)20(18)34-16/h4-10H,3H2,1-2H3,(H2,26,29). The number of amides is 3. The number of halogens is 2. The Balaban J connectivity index is 1.94. The lowest BCUT2D eigenvalue weighted by Gasteiger charge is -2.22. The van der Waals surface area contributed by atoms with Crippen LogP contribution in [0.15, 0.2) is 47.1 Å². The van der Waals surface area contributed by atoms with Crippen molar-refractivity contribution in [1.29, 1.82) is 0 Å². The van der Waals surface area contributed by atoms with Gasteiger partial charge < -0.3 is 19.6 Å². The number of methoxy groups -OCH3 is 1. The van der Waals surface area contributed by atoms with Crippen LogP contribution >= 0.6 is 23.2 Å². The molecule has 4 aromatic rings. The number of fused-ring (bicyclic) bond motifs is 3. The zero-order valence-electron chi connectivity index (χ0n) is 17.9. The lowest BCUT2D eigenvalue weighted by molar-refractivity contribution is 0.0965. The molecule has 11 heteroatoms. The molecule has 0 aliphatic rings. The fourth-order valence-electron chi connectivity index (χ4n) is 3.57. The highest BCUT2D eigenvalue weighted by atomic mass is 35.5. The van der Waals surface area contributed by atoms with Crippen molar-refractivity contribution in [3.63, 3.8) is 0 Å². The van der Waals surface area contributed by atoms with E-state index in [1.807, 2.05) is 0 Å². The molecule has 0 unspecified atom stereocenters. The Morgan fingerprint density at radius 3 is 2.44 bits per heavy atom. The van der Waals surface area contributed by atoms with E-state index >= 15 is 0 Å². The molecule has 0 aliphatic heterocycles. The van der Waals surface area contributed by atoms with Gasteiger partial charge in [-0.05, 0) is 37.3 Å². The van der Waals surface area contributed by atoms with Crippen LogP contribution in [0.3, 0.4) is 0 Å². The Bertz CT molecular complexity index is 1450. The van der Waals surface area contributed by atoms with Crippen LogP contribution in [0.1, 0.15) is 27.6 Å². The first-order valence-electron chi connectivity index (χ1n) is 9.91. The molecule has 2 aromatic carbocycles. The van der Waals surface area contributed by atoms with Crippen LogP contribution in [-0.4, -0.2) is 36.6 Å². The number of carbonyl (C=O) groups excluding carboxylic acids is 3. The minimum Gasteiger partial charge on any atom is -0.493 e. The predicted molar refractivity (Wildman–Crippen MR) is 127 cm³/mol. The molecule has 3 amide bonds. The van der Waals surface area contributed by atoms with E-state index in [0.717, 1.165) is 4.90 Å². The lowest BCUT2D eigenvalue weighted by Crippen LogP contribution is -2.38. The maximum atomic E-state index is 13.6. The van der Waals surface area contributed by atoms with Gasteiger partial charge in [-0.25, -0.2) is 9.69 Å². The Hall–Kier alpha value is -3.82. The van der Waals surface area contributed by atoms with Gasteiger partial charge >= 0.3 is 6.09 Å². The van der Waals surface area contributed by atoms with E-state index in [0.29, 0.717) is 27.7 Å². The number of nitrogens with two attached hydrogens (primary N) is 1. The summed E-state index contributed by atoms with van der Waals surface area (Å²) in [5.41, 5.74) is 6.41. The van der Waals surface area contributed by atoms with E-state index in [4.69, 9.17) is 42.8 Å². The van der Waals surface area contributed by atoms with Gasteiger partial charge in [0.15, 0.2) is 11.3 Å². The summed E-state index contributed by atoms with van der Waals surface area (Å²) in [6.45, 7) is 1.61. The topological polar surface area (TPSA) is 125 Å². The van der Waals surface area contributed by atoms with Crippen molar-refractivity contribution in [2.24, 2.45) is 5.73 Å². The lowest BCUT2D eigenvalue weighted by atomic mass is 10.0. The number of aromatic nitrogens is 1. The SMILES string of the molecule is CCOC(=O)N(C(=O)c1ccc2oc3c(OC)ccc(C(N)=O)c3c2c1)c1c(Cl)cncc1Cl. The zero-order chi connectivity index (χ0) is 24.6. The van der Waals surface area contributed by atoms with Crippen LogP contribution in [-0.2, 0) is 4.74 Å². The number of pyridine rings is 1. The Kier molecular flexibility index (Phi) is 6.32. The number of hydrogen-bond donors (Lipinski definition) is 1. The van der Waals surface area contributed by atoms with Gasteiger partial charge in [0.05, 0.1) is 35.0 Å². The second-order valence-electron chi connectivity index (χ2n) is 6.99. The van der Waals surface area contributed by atoms with Gasteiger partial charge in [0, 0.05) is 28.7 Å². The number of ether oxygens (including phenoxy) is 2. The first-order chi connectivity index (χ1) is 16.3. The summed E-state index contributed by atoms with van der Waals surface area (Å²) < 4.78 is 16.3. The van der Waals surface area contributed by atoms with E-state index in [1.165, 1.54) is 43.8 Å². The fourth-order valence-corrected chi connectivity index (χ4v) is 4.10. The third kappa shape index (κ3) is 3.89. The number of anilines is 1. The average molecular weight is 502 g/mol. The summed E-state index contributed by atoms with van der Waals surface area (Å²) in [5.74, 6) is -1.07. The highest BCUT2D eigenvalue weighted by Gasteiger charge is 2.31. The predicted octanol–water partition coefficient (Wildman–Crippen LogP) is 5.20. The molecule has 0 spiro atoms. The van der Waals surface area contributed by atoms with Crippen LogP contribution in [0.4, 0.5) is 10.5 Å². The smallest absolute Gasteiger partial charge is 0.421 e. The van der Waals surface area contributed by atoms with E-state index in [9.17, 15) is 14.4 Å². The van der Waals surface area contributed by atoms with Crippen molar-refractivity contribution in [3.05, 3.63) is 63.9 Å². The van der Waals surface area contributed by atoms with Gasteiger partial charge in [0.2, 0.25) is 5.91 Å². The van der Waals surface area contributed by atoms with Crippen LogP contribution < -0.4 is 15.4 Å². The molecule has 2 N–H and O–H groups in total. The first-order valence-corrected chi connectivity index (χ1v) is 10.7. The van der Waals surface area contributed by atoms with E-state index in [1.54, 1.807) is 13.0 Å². The van der Waals surface area contributed by atoms with Crippen molar-refractivity contribution in [2.75, 3.05) is 18.6 Å². The Morgan fingerprint density at radius 2 is 1.82 bits per heavy atom. The number of furan rings is 1. The Morgan fingerprint density at radius 1 is 1.12 bits per heavy atom. The quantitative estimate of drug-likeness (QED) is 0.398. The third-order valence-corrected chi connectivity index (χ3v) is 5.57. The number of primary amides is 1. The monoisotopic (exact) mass is 501 g/mol. The molecule has 0 saturated carbocycles. The van der Waals surface area contributed by atoms with Crippen molar-refractivity contribution in [1.82, 2.24) is 4.98 Å². The summed E-state index contributed by atoms with van der Waals surface area (Å²) in [5, 5.41) is 0.748. The second-order valence-corrected chi connectivity index (χ2v) is 7.80. The highest BCUT2D eigenvalue weighted by molar-refractivity contribution is 6.41. The molecule has 174 valence electrons. The van der Waals surface area contributed by atoms with Gasteiger partial charge in [0.1, 0.15) is 5.58 Å². The van der Waals surface area contributed by atoms with Crippen molar-refractivity contribution in [2.45, 2.75) is 6.92 Å². The maximum Gasteiger partial charge on any atom is 0.421 e.